The number of hydrogen-bond acceptors (Lipinski definition) is 4. The standard InChI is InChI=1S/C18H13ClO4/c1-11(18(21)13-2-6-14(19)7-3-13)22-15-8-4-12-5-9-17(20)23-16(12)10-15/h2-11H,1H3/t11-/m0/s1. The van der Waals surface area contributed by atoms with Gasteiger partial charge in [-0.05, 0) is 49.4 Å². The first-order valence-electron chi connectivity index (χ1n) is 7.03. The van der Waals surface area contributed by atoms with Gasteiger partial charge in [0, 0.05) is 28.1 Å². The lowest BCUT2D eigenvalue weighted by Gasteiger charge is -2.14. The number of Topliss-reactive ketones (excluding diaryl/α,β-unsaturated/α-hetero) is 1. The quantitative estimate of drug-likeness (QED) is 0.534. The van der Waals surface area contributed by atoms with E-state index in [-0.39, 0.29) is 5.78 Å². The SMILES string of the molecule is C[C@H](Oc1ccc2ccc(=O)oc2c1)C(=O)c1ccc(Cl)cc1. The second-order valence-corrected chi connectivity index (χ2v) is 5.52. The maximum absolute atomic E-state index is 12.3. The Labute approximate surface area is 137 Å². The molecule has 0 aliphatic heterocycles. The highest BCUT2D eigenvalue weighted by atomic mass is 35.5. The molecule has 0 aliphatic carbocycles. The minimum absolute atomic E-state index is 0.156. The third-order valence-electron chi connectivity index (χ3n) is 3.41. The Balaban J connectivity index is 1.81. The van der Waals surface area contributed by atoms with Crippen molar-refractivity contribution in [2.45, 2.75) is 13.0 Å². The molecule has 1 aromatic heterocycles. The minimum atomic E-state index is -0.677. The summed E-state index contributed by atoms with van der Waals surface area (Å²) in [5, 5.41) is 1.35. The van der Waals surface area contributed by atoms with Crippen molar-refractivity contribution in [3.05, 3.63) is 75.6 Å². The third kappa shape index (κ3) is 3.43. The fraction of sp³-hybridized carbons (Fsp3) is 0.111. The molecule has 1 atom stereocenters. The van der Waals surface area contributed by atoms with E-state index in [1.807, 2.05) is 0 Å². The van der Waals surface area contributed by atoms with Crippen LogP contribution in [0, 0.1) is 0 Å². The monoisotopic (exact) mass is 328 g/mol. The van der Waals surface area contributed by atoms with Gasteiger partial charge in [0.2, 0.25) is 5.78 Å². The molecule has 0 saturated heterocycles. The number of hydrogen-bond donors (Lipinski definition) is 0. The van der Waals surface area contributed by atoms with E-state index in [1.165, 1.54) is 6.07 Å². The first kappa shape index (κ1) is 15.3. The van der Waals surface area contributed by atoms with Crippen LogP contribution in [-0.4, -0.2) is 11.9 Å². The van der Waals surface area contributed by atoms with Crippen LogP contribution in [0.25, 0.3) is 11.0 Å². The zero-order valence-corrected chi connectivity index (χ0v) is 13.0. The van der Waals surface area contributed by atoms with Gasteiger partial charge in [-0.3, -0.25) is 4.79 Å². The van der Waals surface area contributed by atoms with Crippen LogP contribution in [0.2, 0.25) is 5.02 Å². The minimum Gasteiger partial charge on any atom is -0.482 e. The molecule has 116 valence electrons. The molecule has 5 heteroatoms. The van der Waals surface area contributed by atoms with E-state index in [1.54, 1.807) is 55.5 Å². The van der Waals surface area contributed by atoms with E-state index in [0.29, 0.717) is 21.9 Å². The summed E-state index contributed by atoms with van der Waals surface area (Å²) in [6.07, 6.45) is -0.677. The molecule has 4 nitrogen and oxygen atoms in total. The summed E-state index contributed by atoms with van der Waals surface area (Å²) in [4.78, 5) is 23.6. The second kappa shape index (κ2) is 6.26. The Kier molecular flexibility index (Phi) is 4.17. The first-order chi connectivity index (χ1) is 11.0. The van der Waals surface area contributed by atoms with Crippen LogP contribution < -0.4 is 10.4 Å². The van der Waals surface area contributed by atoms with E-state index in [2.05, 4.69) is 0 Å². The number of rotatable bonds is 4. The molecule has 23 heavy (non-hydrogen) atoms. The largest absolute Gasteiger partial charge is 0.482 e. The van der Waals surface area contributed by atoms with Gasteiger partial charge in [0.1, 0.15) is 11.3 Å². The van der Waals surface area contributed by atoms with Crippen LogP contribution in [0.3, 0.4) is 0 Å². The van der Waals surface area contributed by atoms with Crippen molar-refractivity contribution < 1.29 is 13.9 Å². The van der Waals surface area contributed by atoms with Crippen molar-refractivity contribution in [1.29, 1.82) is 0 Å². The molecular formula is C18H13ClO4. The van der Waals surface area contributed by atoms with Crippen LogP contribution in [0.5, 0.6) is 5.75 Å². The highest BCUT2D eigenvalue weighted by molar-refractivity contribution is 6.30. The van der Waals surface area contributed by atoms with Gasteiger partial charge in [-0.1, -0.05) is 11.6 Å². The fourth-order valence-electron chi connectivity index (χ4n) is 2.22. The van der Waals surface area contributed by atoms with Gasteiger partial charge in [-0.15, -0.1) is 0 Å². The molecule has 0 fully saturated rings. The zero-order valence-electron chi connectivity index (χ0n) is 12.3. The molecule has 0 unspecified atom stereocenters. The molecule has 3 rings (SSSR count). The predicted octanol–water partition coefficient (Wildman–Crippen LogP) is 4.10. The van der Waals surface area contributed by atoms with Crippen molar-refractivity contribution in [3.63, 3.8) is 0 Å². The smallest absolute Gasteiger partial charge is 0.336 e. The third-order valence-corrected chi connectivity index (χ3v) is 3.66. The Morgan fingerprint density at radius 3 is 2.52 bits per heavy atom. The molecule has 0 saturated carbocycles. The maximum atomic E-state index is 12.3. The Morgan fingerprint density at radius 1 is 1.09 bits per heavy atom. The number of fused-ring (bicyclic) bond motifs is 1. The Bertz CT molecular complexity index is 912. The molecule has 2 aromatic carbocycles. The normalized spacial score (nSPS) is 12.1. The van der Waals surface area contributed by atoms with E-state index in [0.717, 1.165) is 5.39 Å². The molecular weight excluding hydrogens is 316 g/mol. The van der Waals surface area contributed by atoms with Crippen LogP contribution in [-0.2, 0) is 0 Å². The summed E-state index contributed by atoms with van der Waals surface area (Å²) in [5.74, 6) is 0.304. The molecule has 1 heterocycles. The van der Waals surface area contributed by atoms with Crippen molar-refractivity contribution in [2.75, 3.05) is 0 Å². The number of carbonyl (C=O) groups excluding carboxylic acids is 1. The molecule has 0 bridgehead atoms. The van der Waals surface area contributed by atoms with Crippen molar-refractivity contribution in [2.24, 2.45) is 0 Å². The van der Waals surface area contributed by atoms with Gasteiger partial charge >= 0.3 is 5.63 Å². The van der Waals surface area contributed by atoms with Crippen LogP contribution >= 0.6 is 11.6 Å². The van der Waals surface area contributed by atoms with Gasteiger partial charge in [0.25, 0.3) is 0 Å². The van der Waals surface area contributed by atoms with Gasteiger partial charge in [0.15, 0.2) is 6.10 Å². The van der Waals surface area contributed by atoms with Crippen LogP contribution in [0.1, 0.15) is 17.3 Å². The molecule has 0 N–H and O–H groups in total. The molecule has 0 spiro atoms. The lowest BCUT2D eigenvalue weighted by molar-refractivity contribution is 0.0818. The van der Waals surface area contributed by atoms with E-state index >= 15 is 0 Å². The van der Waals surface area contributed by atoms with Crippen LogP contribution in [0.4, 0.5) is 0 Å². The van der Waals surface area contributed by atoms with Gasteiger partial charge in [-0.2, -0.15) is 0 Å². The van der Waals surface area contributed by atoms with Gasteiger partial charge in [0.05, 0.1) is 0 Å². The van der Waals surface area contributed by atoms with Crippen molar-refractivity contribution >= 4 is 28.4 Å². The molecule has 0 amide bonds. The number of ketones is 1. The first-order valence-corrected chi connectivity index (χ1v) is 7.41. The maximum Gasteiger partial charge on any atom is 0.336 e. The summed E-state index contributed by atoms with van der Waals surface area (Å²) in [6, 6.07) is 14.8. The molecule has 0 radical (unpaired) electrons. The lowest BCUT2D eigenvalue weighted by atomic mass is 10.1. The van der Waals surface area contributed by atoms with E-state index < -0.39 is 11.7 Å². The fourth-order valence-corrected chi connectivity index (χ4v) is 2.35. The van der Waals surface area contributed by atoms with Gasteiger partial charge in [-0.25, -0.2) is 4.79 Å². The van der Waals surface area contributed by atoms with Crippen molar-refractivity contribution in [3.8, 4) is 5.75 Å². The second-order valence-electron chi connectivity index (χ2n) is 5.09. The predicted molar refractivity (Wildman–Crippen MR) is 88.4 cm³/mol. The Hall–Kier alpha value is -2.59. The average Bonchev–Trinajstić information content (AvgIpc) is 2.54. The van der Waals surface area contributed by atoms with E-state index in [9.17, 15) is 9.59 Å². The number of carbonyl (C=O) groups is 1. The summed E-state index contributed by atoms with van der Waals surface area (Å²) < 4.78 is 10.8. The summed E-state index contributed by atoms with van der Waals surface area (Å²) >= 11 is 5.82. The van der Waals surface area contributed by atoms with Gasteiger partial charge < -0.3 is 9.15 Å². The molecule has 0 aliphatic rings. The number of ether oxygens (including phenoxy) is 1. The number of halogens is 1. The van der Waals surface area contributed by atoms with E-state index in [4.69, 9.17) is 20.8 Å². The summed E-state index contributed by atoms with van der Waals surface area (Å²) in [6.45, 7) is 1.67. The highest BCUT2D eigenvalue weighted by Crippen LogP contribution is 2.21. The lowest BCUT2D eigenvalue weighted by Crippen LogP contribution is -2.23. The van der Waals surface area contributed by atoms with Crippen LogP contribution in [0.15, 0.2) is 63.8 Å². The molecule has 3 aromatic rings. The summed E-state index contributed by atoms with van der Waals surface area (Å²) in [7, 11) is 0. The highest BCUT2D eigenvalue weighted by Gasteiger charge is 2.17. The van der Waals surface area contributed by atoms with Crippen molar-refractivity contribution in [1.82, 2.24) is 0 Å². The number of benzene rings is 2. The zero-order chi connectivity index (χ0) is 16.4. The average molecular weight is 329 g/mol. The summed E-state index contributed by atoms with van der Waals surface area (Å²) in [5.41, 5.74) is 0.510. The Morgan fingerprint density at radius 2 is 1.78 bits per heavy atom. The topological polar surface area (TPSA) is 56.5 Å².